The van der Waals surface area contributed by atoms with Gasteiger partial charge in [0.25, 0.3) is 0 Å². The van der Waals surface area contributed by atoms with Crippen LogP contribution in [0, 0.1) is 20.8 Å². The fourth-order valence-corrected chi connectivity index (χ4v) is 4.95. The van der Waals surface area contributed by atoms with Crippen LogP contribution in [0.3, 0.4) is 0 Å². The fourth-order valence-electron chi connectivity index (χ4n) is 3.94. The molecule has 0 bridgehead atoms. The minimum absolute atomic E-state index is 0.121. The summed E-state index contributed by atoms with van der Waals surface area (Å²) in [5, 5.41) is 2.96. The van der Waals surface area contributed by atoms with Gasteiger partial charge in [0.2, 0.25) is 21.8 Å². The molecule has 7 nitrogen and oxygen atoms in total. The molecule has 0 radical (unpaired) electrons. The Morgan fingerprint density at radius 1 is 1.00 bits per heavy atom. The van der Waals surface area contributed by atoms with E-state index in [0.29, 0.717) is 18.7 Å². The Morgan fingerprint density at radius 3 is 2.17 bits per heavy atom. The lowest BCUT2D eigenvalue weighted by Gasteiger charge is -2.32. The van der Waals surface area contributed by atoms with Gasteiger partial charge in [0, 0.05) is 25.0 Å². The molecule has 1 N–H and O–H groups in total. The first-order valence-corrected chi connectivity index (χ1v) is 14.2. The number of hydrogen-bond donors (Lipinski definition) is 1. The molecule has 0 heterocycles. The van der Waals surface area contributed by atoms with Crippen molar-refractivity contribution < 1.29 is 18.0 Å². The van der Waals surface area contributed by atoms with Crippen molar-refractivity contribution in [1.29, 1.82) is 0 Å². The van der Waals surface area contributed by atoms with E-state index in [1.165, 1.54) is 10.6 Å². The number of benzene rings is 2. The van der Waals surface area contributed by atoms with Crippen molar-refractivity contribution in [1.82, 2.24) is 10.2 Å². The number of carbonyl (C=O) groups excluding carboxylic acids is 2. The van der Waals surface area contributed by atoms with Crippen LogP contribution in [0.2, 0.25) is 0 Å². The molecule has 0 aromatic heterocycles. The lowest BCUT2D eigenvalue weighted by atomic mass is 10.1. The number of nitrogens with one attached hydrogen (secondary N) is 1. The van der Waals surface area contributed by atoms with Crippen LogP contribution >= 0.6 is 0 Å². The zero-order valence-corrected chi connectivity index (χ0v) is 23.7. The van der Waals surface area contributed by atoms with Gasteiger partial charge in [-0.05, 0) is 77.6 Å². The topological polar surface area (TPSA) is 86.8 Å². The van der Waals surface area contributed by atoms with Crippen LogP contribution < -0.4 is 9.62 Å². The molecule has 2 aromatic carbocycles. The van der Waals surface area contributed by atoms with Crippen molar-refractivity contribution >= 4 is 27.5 Å². The number of sulfonamides is 1. The molecular formula is C28H41N3O4S. The maximum atomic E-state index is 13.4. The predicted molar refractivity (Wildman–Crippen MR) is 146 cm³/mol. The highest BCUT2D eigenvalue weighted by atomic mass is 32.2. The highest BCUT2D eigenvalue weighted by Gasteiger charge is 2.28. The molecule has 2 amide bonds. The minimum atomic E-state index is -3.53. The molecule has 2 aromatic rings. The van der Waals surface area contributed by atoms with E-state index < -0.39 is 21.6 Å². The zero-order chi connectivity index (χ0) is 27.3. The van der Waals surface area contributed by atoms with Crippen LogP contribution in [0.25, 0.3) is 0 Å². The molecule has 1 unspecified atom stereocenters. The van der Waals surface area contributed by atoms with Crippen molar-refractivity contribution in [2.45, 2.75) is 79.4 Å². The van der Waals surface area contributed by atoms with Crippen LogP contribution in [0.4, 0.5) is 5.69 Å². The van der Waals surface area contributed by atoms with Gasteiger partial charge in [-0.3, -0.25) is 13.9 Å². The van der Waals surface area contributed by atoms with Crippen LogP contribution in [0.15, 0.2) is 42.5 Å². The molecule has 1 atom stereocenters. The second-order valence-electron chi connectivity index (χ2n) is 10.6. The molecular weight excluding hydrogens is 474 g/mol. The van der Waals surface area contributed by atoms with Crippen LogP contribution in [-0.2, 0) is 26.2 Å². The first kappa shape index (κ1) is 29.4. The van der Waals surface area contributed by atoms with E-state index in [9.17, 15) is 18.0 Å². The average molecular weight is 516 g/mol. The summed E-state index contributed by atoms with van der Waals surface area (Å²) in [4.78, 5) is 27.9. The number of aryl methyl sites for hydroxylation is 2. The number of rotatable bonds is 10. The average Bonchev–Trinajstić information content (AvgIpc) is 2.76. The van der Waals surface area contributed by atoms with Gasteiger partial charge in [0.15, 0.2) is 0 Å². The van der Waals surface area contributed by atoms with Gasteiger partial charge in [-0.1, -0.05) is 42.0 Å². The van der Waals surface area contributed by atoms with Crippen LogP contribution in [-0.4, -0.2) is 49.5 Å². The monoisotopic (exact) mass is 515 g/mol. The third-order valence-electron chi connectivity index (χ3n) is 6.14. The molecule has 0 spiro atoms. The molecule has 0 fully saturated rings. The van der Waals surface area contributed by atoms with Gasteiger partial charge in [-0.15, -0.1) is 0 Å². The van der Waals surface area contributed by atoms with Crippen molar-refractivity contribution in [2.24, 2.45) is 0 Å². The Kier molecular flexibility index (Phi) is 9.71. The first-order valence-electron chi connectivity index (χ1n) is 12.3. The SMILES string of the molecule is Cc1ccc(CN(C(=O)CCCN(c2cccc(C)c2C)S(C)(=O)=O)C(C)C(=O)NC(C)(C)C)cc1. The van der Waals surface area contributed by atoms with Crippen molar-refractivity contribution in [2.75, 3.05) is 17.1 Å². The summed E-state index contributed by atoms with van der Waals surface area (Å²) in [5.41, 5.74) is 4.13. The van der Waals surface area contributed by atoms with Crippen LogP contribution in [0.5, 0.6) is 0 Å². The molecule has 0 saturated carbocycles. The van der Waals surface area contributed by atoms with E-state index in [2.05, 4.69) is 5.32 Å². The van der Waals surface area contributed by atoms with Gasteiger partial charge in [-0.2, -0.15) is 0 Å². The van der Waals surface area contributed by atoms with E-state index in [-0.39, 0.29) is 24.8 Å². The van der Waals surface area contributed by atoms with E-state index in [1.807, 2.05) is 77.9 Å². The number of nitrogens with zero attached hydrogens (tertiary/aromatic N) is 2. The maximum absolute atomic E-state index is 13.4. The highest BCUT2D eigenvalue weighted by Crippen LogP contribution is 2.25. The molecule has 2 rings (SSSR count). The van der Waals surface area contributed by atoms with Gasteiger partial charge in [0.1, 0.15) is 6.04 Å². The lowest BCUT2D eigenvalue weighted by molar-refractivity contribution is -0.141. The Labute approximate surface area is 216 Å². The quantitative estimate of drug-likeness (QED) is 0.505. The molecule has 0 aliphatic heterocycles. The molecule has 36 heavy (non-hydrogen) atoms. The molecule has 8 heteroatoms. The second kappa shape index (κ2) is 11.9. The molecule has 0 aliphatic rings. The van der Waals surface area contributed by atoms with Gasteiger partial charge >= 0.3 is 0 Å². The third-order valence-corrected chi connectivity index (χ3v) is 7.32. The van der Waals surface area contributed by atoms with Gasteiger partial charge < -0.3 is 10.2 Å². The molecule has 0 aliphatic carbocycles. The van der Waals surface area contributed by atoms with Crippen LogP contribution in [0.1, 0.15) is 62.8 Å². The third kappa shape index (κ3) is 8.36. The number of amides is 2. The normalized spacial score (nSPS) is 12.7. The molecule has 0 saturated heterocycles. The summed E-state index contributed by atoms with van der Waals surface area (Å²) >= 11 is 0. The fraction of sp³-hybridized carbons (Fsp3) is 0.500. The Bertz CT molecular complexity index is 1170. The zero-order valence-electron chi connectivity index (χ0n) is 22.9. The van der Waals surface area contributed by atoms with E-state index in [0.717, 1.165) is 22.3 Å². The summed E-state index contributed by atoms with van der Waals surface area (Å²) in [6, 6.07) is 12.7. The molecule has 198 valence electrons. The van der Waals surface area contributed by atoms with E-state index in [1.54, 1.807) is 17.9 Å². The maximum Gasteiger partial charge on any atom is 0.242 e. The van der Waals surface area contributed by atoms with Gasteiger partial charge in [-0.25, -0.2) is 8.42 Å². The number of hydrogen-bond acceptors (Lipinski definition) is 4. The summed E-state index contributed by atoms with van der Waals surface area (Å²) in [7, 11) is -3.53. The summed E-state index contributed by atoms with van der Waals surface area (Å²) in [5.74, 6) is -0.419. The van der Waals surface area contributed by atoms with E-state index in [4.69, 9.17) is 0 Å². The largest absolute Gasteiger partial charge is 0.350 e. The first-order chi connectivity index (χ1) is 16.6. The van der Waals surface area contributed by atoms with Crippen molar-refractivity contribution in [3.8, 4) is 0 Å². The standard InChI is InChI=1S/C28H41N3O4S/c1-20-14-16-24(17-15-20)19-30(23(4)27(33)29-28(5,6)7)26(32)13-10-18-31(36(8,34)35)25-12-9-11-21(2)22(25)3/h9,11-12,14-17,23H,10,13,18-19H2,1-8H3,(H,29,33). The predicted octanol–water partition coefficient (Wildman–Crippen LogP) is 4.49. The van der Waals surface area contributed by atoms with Crippen molar-refractivity contribution in [3.05, 3.63) is 64.7 Å². The summed E-state index contributed by atoms with van der Waals surface area (Å²) in [6.45, 7) is 13.7. The Balaban J connectivity index is 2.22. The Hall–Kier alpha value is -2.87. The Morgan fingerprint density at radius 2 is 1.61 bits per heavy atom. The summed E-state index contributed by atoms with van der Waals surface area (Å²) < 4.78 is 26.5. The number of carbonyl (C=O) groups is 2. The number of anilines is 1. The second-order valence-corrected chi connectivity index (χ2v) is 12.5. The minimum Gasteiger partial charge on any atom is -0.350 e. The van der Waals surface area contributed by atoms with Gasteiger partial charge in [0.05, 0.1) is 11.9 Å². The van der Waals surface area contributed by atoms with Crippen molar-refractivity contribution in [3.63, 3.8) is 0 Å². The smallest absolute Gasteiger partial charge is 0.242 e. The lowest BCUT2D eigenvalue weighted by Crippen LogP contribution is -2.52. The highest BCUT2D eigenvalue weighted by molar-refractivity contribution is 7.92. The summed E-state index contributed by atoms with van der Waals surface area (Å²) in [6.07, 6.45) is 1.63. The van der Waals surface area contributed by atoms with E-state index >= 15 is 0 Å².